The van der Waals surface area contributed by atoms with Crippen molar-refractivity contribution in [2.24, 2.45) is 5.92 Å². The molecule has 0 saturated carbocycles. The van der Waals surface area contributed by atoms with E-state index in [1.807, 2.05) is 0 Å². The highest BCUT2D eigenvalue weighted by Gasteiger charge is 2.27. The minimum Gasteiger partial charge on any atom is -0.481 e. The molecule has 1 aromatic carbocycles. The van der Waals surface area contributed by atoms with Gasteiger partial charge in [-0.1, -0.05) is 23.2 Å². The van der Waals surface area contributed by atoms with Gasteiger partial charge in [0, 0.05) is 19.5 Å². The van der Waals surface area contributed by atoms with Gasteiger partial charge in [0.15, 0.2) is 0 Å². The number of halogens is 3. The normalized spacial score (nSPS) is 18.6. The number of likely N-dealkylation sites (tertiary alicyclic amines) is 1. The quantitative estimate of drug-likeness (QED) is 0.862. The molecule has 0 aliphatic carbocycles. The first-order valence-electron chi connectivity index (χ1n) is 6.54. The average Bonchev–Trinajstić information content (AvgIpc) is 2.41. The standard InChI is InChI=1S/C14H14Cl2FNO3/c15-10-6-11(16)12(17)5-9(10)14(21)18-3-1-2-8(7-18)4-13(19)20/h5-6,8H,1-4,7H2,(H,19,20). The van der Waals surface area contributed by atoms with E-state index in [4.69, 9.17) is 28.3 Å². The summed E-state index contributed by atoms with van der Waals surface area (Å²) in [6.45, 7) is 0.848. The first kappa shape index (κ1) is 16.0. The summed E-state index contributed by atoms with van der Waals surface area (Å²) >= 11 is 11.6. The topological polar surface area (TPSA) is 57.6 Å². The molecule has 0 radical (unpaired) electrons. The molecule has 7 heteroatoms. The SMILES string of the molecule is O=C(O)CC1CCCN(C(=O)c2cc(F)c(Cl)cc2Cl)C1. The van der Waals surface area contributed by atoms with Crippen LogP contribution in [0.15, 0.2) is 12.1 Å². The second kappa shape index (κ2) is 6.62. The van der Waals surface area contributed by atoms with Crippen LogP contribution in [-0.4, -0.2) is 35.0 Å². The number of carbonyl (C=O) groups excluding carboxylic acids is 1. The Bertz CT molecular complexity index is 580. The summed E-state index contributed by atoms with van der Waals surface area (Å²) in [6.07, 6.45) is 1.50. The number of rotatable bonds is 3. The van der Waals surface area contributed by atoms with Crippen molar-refractivity contribution in [3.8, 4) is 0 Å². The Morgan fingerprint density at radius 2 is 2.05 bits per heavy atom. The van der Waals surface area contributed by atoms with Gasteiger partial charge in [-0.2, -0.15) is 0 Å². The largest absolute Gasteiger partial charge is 0.481 e. The lowest BCUT2D eigenvalue weighted by molar-refractivity contribution is -0.138. The van der Waals surface area contributed by atoms with Crippen LogP contribution in [-0.2, 0) is 4.79 Å². The van der Waals surface area contributed by atoms with Crippen LogP contribution < -0.4 is 0 Å². The van der Waals surface area contributed by atoms with Crippen LogP contribution in [0, 0.1) is 11.7 Å². The third kappa shape index (κ3) is 3.86. The molecule has 21 heavy (non-hydrogen) atoms. The zero-order valence-electron chi connectivity index (χ0n) is 11.1. The molecule has 4 nitrogen and oxygen atoms in total. The summed E-state index contributed by atoms with van der Waals surface area (Å²) in [5.41, 5.74) is 0.0505. The fraction of sp³-hybridized carbons (Fsp3) is 0.429. The van der Waals surface area contributed by atoms with E-state index in [9.17, 15) is 14.0 Å². The third-order valence-corrected chi connectivity index (χ3v) is 4.11. The molecule has 0 spiro atoms. The summed E-state index contributed by atoms with van der Waals surface area (Å²) < 4.78 is 13.5. The maximum atomic E-state index is 13.5. The molecule has 1 aliphatic rings. The van der Waals surface area contributed by atoms with Crippen LogP contribution in [0.25, 0.3) is 0 Å². The summed E-state index contributed by atoms with van der Waals surface area (Å²) in [7, 11) is 0. The maximum absolute atomic E-state index is 13.5. The third-order valence-electron chi connectivity index (χ3n) is 3.51. The van der Waals surface area contributed by atoms with Crippen LogP contribution in [0.5, 0.6) is 0 Å². The van der Waals surface area contributed by atoms with Gasteiger partial charge in [0.25, 0.3) is 5.91 Å². The monoisotopic (exact) mass is 333 g/mol. The van der Waals surface area contributed by atoms with Gasteiger partial charge in [0.05, 0.1) is 15.6 Å². The number of carbonyl (C=O) groups is 2. The lowest BCUT2D eigenvalue weighted by Crippen LogP contribution is -2.40. The summed E-state index contributed by atoms with van der Waals surface area (Å²) in [5, 5.41) is 8.78. The predicted molar refractivity (Wildman–Crippen MR) is 77.3 cm³/mol. The highest BCUT2D eigenvalue weighted by Crippen LogP contribution is 2.27. The van der Waals surface area contributed by atoms with Crippen molar-refractivity contribution in [1.29, 1.82) is 0 Å². The van der Waals surface area contributed by atoms with Crippen LogP contribution >= 0.6 is 23.2 Å². The molecular weight excluding hydrogens is 320 g/mol. The summed E-state index contributed by atoms with van der Waals surface area (Å²) in [6, 6.07) is 2.22. The van der Waals surface area contributed by atoms with E-state index in [1.54, 1.807) is 0 Å². The van der Waals surface area contributed by atoms with Crippen molar-refractivity contribution in [3.05, 3.63) is 33.6 Å². The molecular formula is C14H14Cl2FNO3. The van der Waals surface area contributed by atoms with Gasteiger partial charge >= 0.3 is 5.97 Å². The van der Waals surface area contributed by atoms with E-state index < -0.39 is 17.7 Å². The first-order valence-corrected chi connectivity index (χ1v) is 7.29. The number of aliphatic carboxylic acids is 1. The molecule has 0 aromatic heterocycles. The smallest absolute Gasteiger partial charge is 0.303 e. The number of amides is 1. The zero-order valence-corrected chi connectivity index (χ0v) is 12.6. The van der Waals surface area contributed by atoms with E-state index in [1.165, 1.54) is 11.0 Å². The van der Waals surface area contributed by atoms with Crippen molar-refractivity contribution >= 4 is 35.1 Å². The van der Waals surface area contributed by atoms with Crippen molar-refractivity contribution in [3.63, 3.8) is 0 Å². The Labute approximate surface area is 131 Å². The first-order chi connectivity index (χ1) is 9.88. The summed E-state index contributed by atoms with van der Waals surface area (Å²) in [4.78, 5) is 24.7. The molecule has 1 N–H and O–H groups in total. The van der Waals surface area contributed by atoms with Crippen molar-refractivity contribution < 1.29 is 19.1 Å². The molecule has 114 valence electrons. The molecule has 1 fully saturated rings. The van der Waals surface area contributed by atoms with Crippen LogP contribution in [0.4, 0.5) is 4.39 Å². The van der Waals surface area contributed by atoms with E-state index in [-0.39, 0.29) is 27.9 Å². The number of nitrogens with zero attached hydrogens (tertiary/aromatic N) is 1. The molecule has 0 bridgehead atoms. The molecule has 1 unspecified atom stereocenters. The number of carboxylic acid groups (broad SMARTS) is 1. The zero-order chi connectivity index (χ0) is 15.6. The van der Waals surface area contributed by atoms with E-state index >= 15 is 0 Å². The van der Waals surface area contributed by atoms with Gasteiger partial charge in [0.2, 0.25) is 0 Å². The van der Waals surface area contributed by atoms with E-state index in [0.29, 0.717) is 13.1 Å². The van der Waals surface area contributed by atoms with Gasteiger partial charge in [-0.15, -0.1) is 0 Å². The molecule has 1 heterocycles. The number of carboxylic acids is 1. The van der Waals surface area contributed by atoms with Crippen molar-refractivity contribution in [1.82, 2.24) is 4.90 Å². The fourth-order valence-electron chi connectivity index (χ4n) is 2.52. The molecule has 2 rings (SSSR count). The number of benzene rings is 1. The molecule has 1 atom stereocenters. The minimum absolute atomic E-state index is 0.0203. The minimum atomic E-state index is -0.884. The second-order valence-corrected chi connectivity index (χ2v) is 5.92. The van der Waals surface area contributed by atoms with Crippen molar-refractivity contribution in [2.75, 3.05) is 13.1 Å². The Balaban J connectivity index is 2.16. The van der Waals surface area contributed by atoms with E-state index in [2.05, 4.69) is 0 Å². The van der Waals surface area contributed by atoms with Crippen molar-refractivity contribution in [2.45, 2.75) is 19.3 Å². The Hall–Kier alpha value is -1.33. The number of hydrogen-bond donors (Lipinski definition) is 1. The predicted octanol–water partition coefficient (Wildman–Crippen LogP) is 3.46. The molecule has 1 aliphatic heterocycles. The van der Waals surface area contributed by atoms with Crippen LogP contribution in [0.2, 0.25) is 10.0 Å². The Morgan fingerprint density at radius 3 is 2.71 bits per heavy atom. The van der Waals surface area contributed by atoms with Gasteiger partial charge in [-0.3, -0.25) is 9.59 Å². The molecule has 1 saturated heterocycles. The number of piperidine rings is 1. The fourth-order valence-corrected chi connectivity index (χ4v) is 2.98. The van der Waals surface area contributed by atoms with E-state index in [0.717, 1.165) is 18.9 Å². The highest BCUT2D eigenvalue weighted by molar-refractivity contribution is 6.36. The summed E-state index contributed by atoms with van der Waals surface area (Å²) in [5.74, 6) is -2.07. The maximum Gasteiger partial charge on any atom is 0.303 e. The lowest BCUT2D eigenvalue weighted by atomic mass is 9.94. The average molecular weight is 334 g/mol. The lowest BCUT2D eigenvalue weighted by Gasteiger charge is -2.32. The molecule has 1 amide bonds. The van der Waals surface area contributed by atoms with Gasteiger partial charge in [0.1, 0.15) is 5.82 Å². The highest BCUT2D eigenvalue weighted by atomic mass is 35.5. The van der Waals surface area contributed by atoms with Crippen LogP contribution in [0.3, 0.4) is 0 Å². The molecule has 1 aromatic rings. The van der Waals surface area contributed by atoms with Gasteiger partial charge in [-0.25, -0.2) is 4.39 Å². The van der Waals surface area contributed by atoms with Gasteiger partial charge in [-0.05, 0) is 30.9 Å². The van der Waals surface area contributed by atoms with Crippen LogP contribution in [0.1, 0.15) is 29.6 Å². The second-order valence-electron chi connectivity index (χ2n) is 5.10. The Kier molecular flexibility index (Phi) is 5.06. The number of hydrogen-bond acceptors (Lipinski definition) is 2. The van der Waals surface area contributed by atoms with Gasteiger partial charge < -0.3 is 10.0 Å². The Morgan fingerprint density at radius 1 is 1.33 bits per heavy atom.